The highest BCUT2D eigenvalue weighted by Gasteiger charge is 2.43. The summed E-state index contributed by atoms with van der Waals surface area (Å²) in [6.45, 7) is 0. The molecule has 2 aromatic heterocycles. The summed E-state index contributed by atoms with van der Waals surface area (Å²) in [6, 6.07) is 94.2. The van der Waals surface area contributed by atoms with Gasteiger partial charge in [0.2, 0.25) is 0 Å². The summed E-state index contributed by atoms with van der Waals surface area (Å²) >= 11 is 0. The smallest absolute Gasteiger partial charge is 0.180 e. The van der Waals surface area contributed by atoms with Crippen molar-refractivity contribution in [2.45, 2.75) is 0 Å². The molecule has 2 nitrogen and oxygen atoms in total. The second-order valence-corrected chi connectivity index (χ2v) is 20.2. The zero-order valence-electron chi connectivity index (χ0n) is 34.6. The third kappa shape index (κ3) is 5.85. The summed E-state index contributed by atoms with van der Waals surface area (Å²) in [5.41, 5.74) is 11.9. The second kappa shape index (κ2) is 15.2. The molecule has 0 saturated carbocycles. The predicted molar refractivity (Wildman–Crippen MR) is 270 cm³/mol. The number of nitrogens with zero attached hydrogens (tertiary/aromatic N) is 2. The van der Waals surface area contributed by atoms with Gasteiger partial charge in [-0.2, -0.15) is 0 Å². The van der Waals surface area contributed by atoms with E-state index in [1.165, 1.54) is 86.6 Å². The molecule has 0 atom stereocenters. The van der Waals surface area contributed by atoms with E-state index in [1.54, 1.807) is 0 Å². The molecule has 12 aromatic rings. The van der Waals surface area contributed by atoms with E-state index in [0.29, 0.717) is 0 Å². The van der Waals surface area contributed by atoms with E-state index in [4.69, 9.17) is 0 Å². The molecule has 0 aliphatic heterocycles. The highest BCUT2D eigenvalue weighted by molar-refractivity contribution is 7.20. The molecular formula is C60H42N2Si. The summed E-state index contributed by atoms with van der Waals surface area (Å²) in [4.78, 5) is 0. The van der Waals surface area contributed by atoms with Crippen LogP contribution in [-0.4, -0.2) is 17.2 Å². The SMILES string of the molecule is c1ccc(-c2ccccc2-c2cccc(-n3c4ccccc4c4ccc(-n5c6ccccc6c6c([Si](c7ccccc7)(c7ccccc7)c7ccccc7)cccc65)cc43)c2)cc1. The van der Waals surface area contributed by atoms with Crippen LogP contribution in [0.5, 0.6) is 0 Å². The molecule has 2 heterocycles. The second-order valence-electron chi connectivity index (χ2n) is 16.4. The highest BCUT2D eigenvalue weighted by Crippen LogP contribution is 2.39. The molecule has 0 unspecified atom stereocenters. The van der Waals surface area contributed by atoms with Gasteiger partial charge in [-0.25, -0.2) is 0 Å². The highest BCUT2D eigenvalue weighted by atomic mass is 28.3. The summed E-state index contributed by atoms with van der Waals surface area (Å²) in [5, 5.41) is 10.5. The Morgan fingerprint density at radius 1 is 0.270 bits per heavy atom. The average Bonchev–Trinajstić information content (AvgIpc) is 3.88. The fourth-order valence-corrected chi connectivity index (χ4v) is 15.4. The van der Waals surface area contributed by atoms with Crippen LogP contribution in [0.2, 0.25) is 0 Å². The predicted octanol–water partition coefficient (Wildman–Crippen LogP) is 12.6. The molecule has 10 aromatic carbocycles. The van der Waals surface area contributed by atoms with Gasteiger partial charge in [0.25, 0.3) is 0 Å². The monoisotopic (exact) mass is 818 g/mol. The Morgan fingerprint density at radius 3 is 1.37 bits per heavy atom. The van der Waals surface area contributed by atoms with Crippen LogP contribution in [0.4, 0.5) is 0 Å². The van der Waals surface area contributed by atoms with Gasteiger partial charge in [0.15, 0.2) is 8.07 Å². The Bertz CT molecular complexity index is 3510. The van der Waals surface area contributed by atoms with E-state index < -0.39 is 8.07 Å². The largest absolute Gasteiger partial charge is 0.309 e. The topological polar surface area (TPSA) is 9.86 Å². The first-order chi connectivity index (χ1) is 31.3. The molecular weight excluding hydrogens is 777 g/mol. The van der Waals surface area contributed by atoms with Gasteiger partial charge in [-0.05, 0) is 85.5 Å². The van der Waals surface area contributed by atoms with E-state index in [-0.39, 0.29) is 0 Å². The maximum Gasteiger partial charge on any atom is 0.180 e. The van der Waals surface area contributed by atoms with Gasteiger partial charge in [-0.15, -0.1) is 0 Å². The van der Waals surface area contributed by atoms with Gasteiger partial charge >= 0.3 is 0 Å². The Hall–Kier alpha value is -7.98. The van der Waals surface area contributed by atoms with Gasteiger partial charge < -0.3 is 9.13 Å². The maximum absolute atomic E-state index is 2.87. The lowest BCUT2D eigenvalue weighted by Crippen LogP contribution is -2.74. The fraction of sp³-hybridized carbons (Fsp3) is 0. The number of rotatable bonds is 8. The Kier molecular flexibility index (Phi) is 8.87. The number of benzene rings is 10. The van der Waals surface area contributed by atoms with E-state index in [2.05, 4.69) is 264 Å². The molecule has 0 aliphatic rings. The summed E-state index contributed by atoms with van der Waals surface area (Å²) in [7, 11) is -2.87. The standard InChI is InChI=1S/C60H42N2Si/c1-5-21-43(22-6-1)50-31-13-14-32-51(50)44-23-19-24-45(41-44)62-55-35-17-15-33-52(55)53-40-39-46(42-58(53)62)61-56-36-18-16-34-54(56)60-57(61)37-20-38-59(60)63(47-25-7-2-8-26-47,48-27-9-3-10-28-48)49-29-11-4-12-30-49/h1-42H. The maximum atomic E-state index is 2.50. The van der Waals surface area contributed by atoms with Gasteiger partial charge in [0.05, 0.1) is 22.1 Å². The summed E-state index contributed by atoms with van der Waals surface area (Å²) < 4.78 is 4.96. The zero-order valence-corrected chi connectivity index (χ0v) is 35.6. The van der Waals surface area contributed by atoms with Gasteiger partial charge in [0.1, 0.15) is 0 Å². The third-order valence-electron chi connectivity index (χ3n) is 13.1. The lowest BCUT2D eigenvalue weighted by Gasteiger charge is -2.35. The average molecular weight is 819 g/mol. The van der Waals surface area contributed by atoms with Crippen molar-refractivity contribution in [1.29, 1.82) is 0 Å². The van der Waals surface area contributed by atoms with Gasteiger partial charge in [0, 0.05) is 32.9 Å². The van der Waals surface area contributed by atoms with Gasteiger partial charge in [-0.1, -0.05) is 212 Å². The van der Waals surface area contributed by atoms with Crippen LogP contribution < -0.4 is 20.7 Å². The molecule has 0 amide bonds. The first kappa shape index (κ1) is 36.8. The Morgan fingerprint density at radius 2 is 0.714 bits per heavy atom. The van der Waals surface area contributed by atoms with Crippen LogP contribution >= 0.6 is 0 Å². The molecule has 0 N–H and O–H groups in total. The number of hydrogen-bond acceptors (Lipinski definition) is 0. The Labute approximate surface area is 368 Å². The summed E-state index contributed by atoms with van der Waals surface area (Å²) in [5.74, 6) is 0. The number of fused-ring (bicyclic) bond motifs is 6. The fourth-order valence-electron chi connectivity index (χ4n) is 10.4. The molecule has 0 radical (unpaired) electrons. The number of para-hydroxylation sites is 2. The molecule has 3 heteroatoms. The van der Waals surface area contributed by atoms with Crippen LogP contribution in [0.3, 0.4) is 0 Å². The van der Waals surface area contributed by atoms with Crippen molar-refractivity contribution in [3.05, 3.63) is 255 Å². The molecule has 0 fully saturated rings. The van der Waals surface area contributed by atoms with E-state index in [9.17, 15) is 0 Å². The van der Waals surface area contributed by atoms with Crippen LogP contribution in [0.1, 0.15) is 0 Å². The summed E-state index contributed by atoms with van der Waals surface area (Å²) in [6.07, 6.45) is 0. The van der Waals surface area contributed by atoms with Crippen molar-refractivity contribution in [3.63, 3.8) is 0 Å². The molecule has 0 bridgehead atoms. The minimum atomic E-state index is -2.87. The normalized spacial score (nSPS) is 11.8. The Balaban J connectivity index is 1.12. The van der Waals surface area contributed by atoms with Crippen molar-refractivity contribution < 1.29 is 0 Å². The van der Waals surface area contributed by atoms with E-state index in [1.807, 2.05) is 0 Å². The molecule has 296 valence electrons. The molecule has 0 saturated heterocycles. The minimum absolute atomic E-state index is 1.13. The molecule has 63 heavy (non-hydrogen) atoms. The van der Waals surface area contributed by atoms with E-state index in [0.717, 1.165) is 11.4 Å². The van der Waals surface area contributed by atoms with Crippen molar-refractivity contribution in [3.8, 4) is 33.6 Å². The molecule has 12 rings (SSSR count). The van der Waals surface area contributed by atoms with Crippen molar-refractivity contribution in [1.82, 2.24) is 9.13 Å². The lowest BCUT2D eigenvalue weighted by molar-refractivity contribution is 1.15. The minimum Gasteiger partial charge on any atom is -0.309 e. The lowest BCUT2D eigenvalue weighted by atomic mass is 9.94. The van der Waals surface area contributed by atoms with E-state index >= 15 is 0 Å². The van der Waals surface area contributed by atoms with Crippen molar-refractivity contribution in [2.75, 3.05) is 0 Å². The van der Waals surface area contributed by atoms with Crippen molar-refractivity contribution in [2.24, 2.45) is 0 Å². The van der Waals surface area contributed by atoms with Crippen LogP contribution in [-0.2, 0) is 0 Å². The van der Waals surface area contributed by atoms with Gasteiger partial charge in [-0.3, -0.25) is 0 Å². The number of hydrogen-bond donors (Lipinski definition) is 0. The van der Waals surface area contributed by atoms with Crippen LogP contribution in [0, 0.1) is 0 Å². The zero-order chi connectivity index (χ0) is 41.7. The first-order valence-corrected chi connectivity index (χ1v) is 23.8. The van der Waals surface area contributed by atoms with Crippen molar-refractivity contribution >= 4 is 72.4 Å². The third-order valence-corrected chi connectivity index (χ3v) is 17.9. The molecule has 0 spiro atoms. The number of aromatic nitrogens is 2. The van der Waals surface area contributed by atoms with Crippen LogP contribution in [0.15, 0.2) is 255 Å². The quantitative estimate of drug-likeness (QED) is 0.107. The van der Waals surface area contributed by atoms with Crippen LogP contribution in [0.25, 0.3) is 77.2 Å². The first-order valence-electron chi connectivity index (χ1n) is 21.8. The molecule has 0 aliphatic carbocycles.